The molecule has 0 fully saturated rings. The largest absolute Gasteiger partial charge is 0.394 e. The van der Waals surface area contributed by atoms with E-state index >= 15 is 0 Å². The highest BCUT2D eigenvalue weighted by atomic mass is 35.5. The zero-order valence-electron chi connectivity index (χ0n) is 13.7. The van der Waals surface area contributed by atoms with Gasteiger partial charge in [0.1, 0.15) is 5.82 Å². The number of aryl methyl sites for hydroxylation is 1. The fourth-order valence-corrected chi connectivity index (χ4v) is 3.30. The summed E-state index contributed by atoms with van der Waals surface area (Å²) in [7, 11) is -3.76. The SMILES string of the molecule is CCS(=O)(=O)Nc1cc(-n2nc(C)n(C(F)(F)C(F)F)c2=O)c(Cl)cc1Cl. The van der Waals surface area contributed by atoms with Crippen LogP contribution in [-0.2, 0) is 16.1 Å². The Morgan fingerprint density at radius 2 is 1.85 bits per heavy atom. The first-order chi connectivity index (χ1) is 12.3. The van der Waals surface area contributed by atoms with Crippen molar-refractivity contribution < 1.29 is 26.0 Å². The van der Waals surface area contributed by atoms with Gasteiger partial charge in [-0.25, -0.2) is 26.6 Å². The summed E-state index contributed by atoms with van der Waals surface area (Å²) >= 11 is 11.8. The molecule has 0 aliphatic carbocycles. The van der Waals surface area contributed by atoms with Crippen molar-refractivity contribution in [3.63, 3.8) is 0 Å². The second-order valence-corrected chi connectivity index (χ2v) is 8.08. The van der Waals surface area contributed by atoms with E-state index < -0.39 is 38.6 Å². The molecule has 0 atom stereocenters. The van der Waals surface area contributed by atoms with Crippen molar-refractivity contribution >= 4 is 38.9 Å². The van der Waals surface area contributed by atoms with Gasteiger partial charge in [-0.3, -0.25) is 4.72 Å². The highest BCUT2D eigenvalue weighted by Crippen LogP contribution is 2.33. The van der Waals surface area contributed by atoms with Crippen molar-refractivity contribution in [2.75, 3.05) is 10.5 Å². The van der Waals surface area contributed by atoms with Crippen molar-refractivity contribution in [1.29, 1.82) is 0 Å². The Bertz CT molecular complexity index is 1040. The average molecular weight is 451 g/mol. The Hall–Kier alpha value is -1.79. The van der Waals surface area contributed by atoms with Gasteiger partial charge >= 0.3 is 18.2 Å². The van der Waals surface area contributed by atoms with E-state index in [1.54, 1.807) is 0 Å². The molecule has 1 aromatic carbocycles. The first-order valence-electron chi connectivity index (χ1n) is 7.16. The highest BCUT2D eigenvalue weighted by Gasteiger charge is 2.46. The number of anilines is 1. The molecule has 0 saturated heterocycles. The van der Waals surface area contributed by atoms with Gasteiger partial charge in [0.15, 0.2) is 0 Å². The number of nitrogens with zero attached hydrogens (tertiary/aromatic N) is 3. The highest BCUT2D eigenvalue weighted by molar-refractivity contribution is 7.92. The minimum Gasteiger partial charge on any atom is -0.282 e. The number of hydrogen-bond acceptors (Lipinski definition) is 4. The van der Waals surface area contributed by atoms with Crippen LogP contribution < -0.4 is 10.4 Å². The van der Waals surface area contributed by atoms with E-state index in [1.165, 1.54) is 6.92 Å². The zero-order chi connectivity index (χ0) is 20.7. The number of hydrogen-bond donors (Lipinski definition) is 1. The molecule has 0 unspecified atom stereocenters. The molecule has 1 N–H and O–H groups in total. The van der Waals surface area contributed by atoms with Crippen LogP contribution in [0.15, 0.2) is 16.9 Å². The van der Waals surface area contributed by atoms with E-state index in [4.69, 9.17) is 23.2 Å². The van der Waals surface area contributed by atoms with E-state index in [0.29, 0.717) is 4.68 Å². The molecule has 0 bridgehead atoms. The molecule has 14 heteroatoms. The number of halogens is 6. The molecule has 0 amide bonds. The third kappa shape index (κ3) is 4.06. The van der Waals surface area contributed by atoms with Crippen molar-refractivity contribution in [1.82, 2.24) is 14.3 Å². The van der Waals surface area contributed by atoms with Gasteiger partial charge < -0.3 is 0 Å². The topological polar surface area (TPSA) is 86.0 Å². The Morgan fingerprint density at radius 1 is 1.26 bits per heavy atom. The van der Waals surface area contributed by atoms with Crippen molar-refractivity contribution in [2.45, 2.75) is 26.3 Å². The number of sulfonamides is 1. The number of rotatable bonds is 6. The smallest absolute Gasteiger partial charge is 0.282 e. The standard InChI is InChI=1S/C13H12Cl2F4N4O3S/c1-3-27(25,26)21-9-5-10(8(15)4-7(9)14)23-12(24)22(6(2)20-23)13(18,19)11(16)17/h4-5,11,21H,3H2,1-2H3. The molecule has 150 valence electrons. The lowest BCUT2D eigenvalue weighted by Gasteiger charge is -2.16. The van der Waals surface area contributed by atoms with E-state index in [1.807, 2.05) is 0 Å². The van der Waals surface area contributed by atoms with Crippen LogP contribution in [0.25, 0.3) is 5.69 Å². The fourth-order valence-electron chi connectivity index (χ4n) is 2.08. The van der Waals surface area contributed by atoms with Crippen LogP contribution in [0.3, 0.4) is 0 Å². The first kappa shape index (κ1) is 21.5. The maximum Gasteiger partial charge on any atom is 0.394 e. The Morgan fingerprint density at radius 3 is 2.37 bits per heavy atom. The Labute approximate surface area is 160 Å². The quantitative estimate of drug-likeness (QED) is 0.684. The summed E-state index contributed by atoms with van der Waals surface area (Å²) in [5, 5.41) is 3.15. The Balaban J connectivity index is 2.69. The third-order valence-electron chi connectivity index (χ3n) is 3.41. The van der Waals surface area contributed by atoms with Gasteiger partial charge in [-0.2, -0.15) is 13.5 Å². The lowest BCUT2D eigenvalue weighted by Crippen LogP contribution is -2.40. The van der Waals surface area contributed by atoms with E-state index in [-0.39, 0.29) is 27.2 Å². The minimum atomic E-state index is -4.80. The maximum absolute atomic E-state index is 13.7. The molecular weight excluding hydrogens is 439 g/mol. The molecule has 0 radical (unpaired) electrons. The van der Waals surface area contributed by atoms with Crippen LogP contribution in [0.4, 0.5) is 23.2 Å². The van der Waals surface area contributed by atoms with Crippen LogP contribution in [-0.4, -0.2) is 34.9 Å². The summed E-state index contributed by atoms with van der Waals surface area (Å²) in [6, 6.07) is -2.76. The fraction of sp³-hybridized carbons (Fsp3) is 0.385. The van der Waals surface area contributed by atoms with Gasteiger partial charge in [0.25, 0.3) is 0 Å². The summed E-state index contributed by atoms with van der Waals surface area (Å²) in [5.74, 6) is -0.998. The molecule has 2 rings (SSSR count). The van der Waals surface area contributed by atoms with Crippen LogP contribution >= 0.6 is 23.2 Å². The molecule has 27 heavy (non-hydrogen) atoms. The molecule has 1 heterocycles. The summed E-state index contributed by atoms with van der Waals surface area (Å²) in [5.41, 5.74) is -2.12. The Kier molecular flexibility index (Phi) is 5.83. The predicted octanol–water partition coefficient (Wildman–Crippen LogP) is 3.23. The van der Waals surface area contributed by atoms with E-state index in [0.717, 1.165) is 19.1 Å². The summed E-state index contributed by atoms with van der Waals surface area (Å²) in [6.07, 6.45) is -4.15. The molecule has 0 saturated carbocycles. The van der Waals surface area contributed by atoms with Crippen LogP contribution in [0.2, 0.25) is 10.0 Å². The molecule has 7 nitrogen and oxygen atoms in total. The summed E-state index contributed by atoms with van der Waals surface area (Å²) < 4.78 is 78.0. The normalized spacial score (nSPS) is 12.6. The molecule has 1 aromatic heterocycles. The molecule has 0 aliphatic rings. The first-order valence-corrected chi connectivity index (χ1v) is 9.57. The maximum atomic E-state index is 13.7. The molecule has 2 aromatic rings. The van der Waals surface area contributed by atoms with Gasteiger partial charge in [0.2, 0.25) is 10.0 Å². The average Bonchev–Trinajstić information content (AvgIpc) is 2.84. The van der Waals surface area contributed by atoms with Gasteiger partial charge in [0.05, 0.1) is 27.2 Å². The van der Waals surface area contributed by atoms with Gasteiger partial charge in [-0.1, -0.05) is 23.2 Å². The second-order valence-electron chi connectivity index (χ2n) is 5.25. The van der Waals surface area contributed by atoms with Gasteiger partial charge in [-0.15, -0.1) is 5.10 Å². The van der Waals surface area contributed by atoms with Gasteiger partial charge in [-0.05, 0) is 26.0 Å². The third-order valence-corrected chi connectivity index (χ3v) is 5.32. The van der Waals surface area contributed by atoms with Crippen LogP contribution in [0.1, 0.15) is 12.7 Å². The summed E-state index contributed by atoms with van der Waals surface area (Å²) in [6.45, 7) is 2.29. The van der Waals surface area contributed by atoms with Crippen molar-refractivity contribution in [3.8, 4) is 5.69 Å². The molecule has 0 spiro atoms. The van der Waals surface area contributed by atoms with Crippen LogP contribution in [0, 0.1) is 6.92 Å². The van der Waals surface area contributed by atoms with Crippen molar-refractivity contribution in [3.05, 3.63) is 38.5 Å². The van der Waals surface area contributed by atoms with E-state index in [2.05, 4.69) is 9.82 Å². The lowest BCUT2D eigenvalue weighted by molar-refractivity contribution is -0.192. The molecular formula is C13H12Cl2F4N4O3S. The van der Waals surface area contributed by atoms with Crippen LogP contribution in [0.5, 0.6) is 0 Å². The predicted molar refractivity (Wildman–Crippen MR) is 91.9 cm³/mol. The summed E-state index contributed by atoms with van der Waals surface area (Å²) in [4.78, 5) is 12.3. The number of benzene rings is 1. The number of nitrogens with one attached hydrogen (secondary N) is 1. The second kappa shape index (κ2) is 7.32. The van der Waals surface area contributed by atoms with E-state index in [9.17, 15) is 30.8 Å². The van der Waals surface area contributed by atoms with Crippen molar-refractivity contribution in [2.24, 2.45) is 0 Å². The number of aromatic nitrogens is 3. The molecule has 0 aliphatic heterocycles. The number of alkyl halides is 4. The lowest BCUT2D eigenvalue weighted by atomic mass is 10.3. The zero-order valence-corrected chi connectivity index (χ0v) is 16.0. The van der Waals surface area contributed by atoms with Gasteiger partial charge in [0, 0.05) is 0 Å². The minimum absolute atomic E-state index is 0.136. The monoisotopic (exact) mass is 450 g/mol.